The van der Waals surface area contributed by atoms with E-state index in [2.05, 4.69) is 0 Å². The lowest BCUT2D eigenvalue weighted by Gasteiger charge is -2.11. The molecule has 0 radical (unpaired) electrons. The zero-order valence-electron chi connectivity index (χ0n) is 6.69. The first kappa shape index (κ1) is 8.93. The molecule has 1 aromatic rings. The lowest BCUT2D eigenvalue weighted by molar-refractivity contribution is -0.138. The van der Waals surface area contributed by atoms with Crippen molar-refractivity contribution in [2.24, 2.45) is 0 Å². The van der Waals surface area contributed by atoms with Crippen molar-refractivity contribution in [1.82, 2.24) is 4.90 Å². The summed E-state index contributed by atoms with van der Waals surface area (Å²) in [5, 5.41) is 1.94. The van der Waals surface area contributed by atoms with Crippen LogP contribution in [0.25, 0.3) is 0 Å². The molecule has 3 nitrogen and oxygen atoms in total. The van der Waals surface area contributed by atoms with Gasteiger partial charge in [-0.05, 0) is 11.4 Å². The topological polar surface area (TPSA) is 37.4 Å². The number of nitrogens with zero attached hydrogens (tertiary/aromatic N) is 1. The minimum Gasteiger partial charge on any atom is -0.334 e. The average molecular weight is 183 g/mol. The fourth-order valence-corrected chi connectivity index (χ4v) is 1.56. The van der Waals surface area contributed by atoms with Gasteiger partial charge in [0.25, 0.3) is 5.91 Å². The number of carbonyl (C=O) groups is 2. The third-order valence-corrected chi connectivity index (χ3v) is 2.31. The molecular weight excluding hydrogens is 174 g/mol. The molecule has 0 unspecified atom stereocenters. The molecule has 0 bridgehead atoms. The van der Waals surface area contributed by atoms with Crippen LogP contribution in [-0.2, 0) is 16.1 Å². The molecule has 0 aromatic carbocycles. The summed E-state index contributed by atoms with van der Waals surface area (Å²) in [4.78, 5) is 23.4. The summed E-state index contributed by atoms with van der Waals surface area (Å²) in [7, 11) is 1.61. The molecule has 1 aromatic heterocycles. The van der Waals surface area contributed by atoms with Gasteiger partial charge in [-0.1, -0.05) is 6.07 Å². The predicted octanol–water partition coefficient (Wildman–Crippen LogP) is 0.905. The maximum absolute atomic E-state index is 10.8. The van der Waals surface area contributed by atoms with Gasteiger partial charge in [0, 0.05) is 11.9 Å². The van der Waals surface area contributed by atoms with E-state index in [0.29, 0.717) is 12.8 Å². The Bertz CT molecular complexity index is 269. The minimum atomic E-state index is -0.483. The molecule has 0 fully saturated rings. The van der Waals surface area contributed by atoms with Crippen LogP contribution in [0.1, 0.15) is 4.88 Å². The number of hydrogen-bond acceptors (Lipinski definition) is 3. The average Bonchev–Trinajstić information content (AvgIpc) is 2.55. The van der Waals surface area contributed by atoms with Crippen LogP contribution in [0.3, 0.4) is 0 Å². The molecule has 0 atom stereocenters. The van der Waals surface area contributed by atoms with Crippen LogP contribution in [0.15, 0.2) is 17.5 Å². The van der Waals surface area contributed by atoms with Crippen molar-refractivity contribution in [1.29, 1.82) is 0 Å². The molecule has 64 valence electrons. The zero-order valence-corrected chi connectivity index (χ0v) is 7.50. The van der Waals surface area contributed by atoms with Crippen molar-refractivity contribution in [3.63, 3.8) is 0 Å². The normalized spacial score (nSPS) is 9.42. The van der Waals surface area contributed by atoms with E-state index >= 15 is 0 Å². The van der Waals surface area contributed by atoms with Gasteiger partial charge < -0.3 is 4.90 Å². The Morgan fingerprint density at radius 1 is 1.75 bits per heavy atom. The number of likely N-dealkylation sites (N-methyl/N-ethyl adjacent to an activating group) is 1. The molecule has 1 amide bonds. The monoisotopic (exact) mass is 183 g/mol. The Balaban J connectivity index is 2.52. The molecule has 0 aliphatic heterocycles. The van der Waals surface area contributed by atoms with Crippen molar-refractivity contribution < 1.29 is 9.59 Å². The Labute approximate surface area is 74.6 Å². The van der Waals surface area contributed by atoms with Crippen molar-refractivity contribution in [3.05, 3.63) is 22.4 Å². The number of carbonyl (C=O) groups excluding carboxylic acids is 2. The highest BCUT2D eigenvalue weighted by atomic mass is 32.1. The summed E-state index contributed by atoms with van der Waals surface area (Å²) >= 11 is 1.57. The quantitative estimate of drug-likeness (QED) is 0.516. The summed E-state index contributed by atoms with van der Waals surface area (Å²) in [6.07, 6.45) is 0.327. The van der Waals surface area contributed by atoms with Gasteiger partial charge in [-0.2, -0.15) is 0 Å². The van der Waals surface area contributed by atoms with Crippen LogP contribution in [0.5, 0.6) is 0 Å². The van der Waals surface area contributed by atoms with E-state index in [0.717, 1.165) is 4.88 Å². The van der Waals surface area contributed by atoms with Crippen LogP contribution in [0, 0.1) is 0 Å². The standard InChI is InChI=1S/C8H9NO2S/c1-9(8(11)6-10)5-7-3-2-4-12-7/h2-4,6H,5H2,1H3. The number of rotatable bonds is 3. The van der Waals surface area contributed by atoms with Gasteiger partial charge in [0.05, 0.1) is 6.54 Å². The molecule has 0 N–H and O–H groups in total. The highest BCUT2D eigenvalue weighted by molar-refractivity contribution is 7.09. The van der Waals surface area contributed by atoms with Crippen LogP contribution in [0.4, 0.5) is 0 Å². The first-order chi connectivity index (χ1) is 5.74. The Kier molecular flexibility index (Phi) is 2.99. The molecule has 0 aliphatic carbocycles. The Hall–Kier alpha value is -1.16. The fourth-order valence-electron chi connectivity index (χ4n) is 0.804. The first-order valence-corrected chi connectivity index (χ1v) is 4.34. The molecule has 12 heavy (non-hydrogen) atoms. The third-order valence-electron chi connectivity index (χ3n) is 1.45. The number of hydrogen-bond donors (Lipinski definition) is 0. The molecular formula is C8H9NO2S. The second-order valence-corrected chi connectivity index (χ2v) is 3.42. The molecule has 1 rings (SSSR count). The molecule has 4 heteroatoms. The minimum absolute atomic E-state index is 0.327. The second kappa shape index (κ2) is 4.01. The largest absolute Gasteiger partial charge is 0.334 e. The van der Waals surface area contributed by atoms with Gasteiger partial charge in [0.2, 0.25) is 6.29 Å². The molecule has 0 saturated carbocycles. The zero-order chi connectivity index (χ0) is 8.97. The number of amides is 1. The number of aldehydes is 1. The van der Waals surface area contributed by atoms with Crippen LogP contribution >= 0.6 is 11.3 Å². The van der Waals surface area contributed by atoms with Gasteiger partial charge >= 0.3 is 0 Å². The SMILES string of the molecule is CN(Cc1cccs1)C(=O)C=O. The summed E-state index contributed by atoms with van der Waals surface area (Å²) in [5.74, 6) is -0.483. The van der Waals surface area contributed by atoms with Gasteiger partial charge in [-0.25, -0.2) is 0 Å². The fraction of sp³-hybridized carbons (Fsp3) is 0.250. The third kappa shape index (κ3) is 2.17. The maximum atomic E-state index is 10.8. The van der Waals surface area contributed by atoms with Gasteiger partial charge in [0.15, 0.2) is 0 Å². The highest BCUT2D eigenvalue weighted by Crippen LogP contribution is 2.10. The van der Waals surface area contributed by atoms with Crippen molar-refractivity contribution in [2.45, 2.75) is 6.54 Å². The molecule has 0 saturated heterocycles. The van der Waals surface area contributed by atoms with E-state index in [1.54, 1.807) is 18.4 Å². The van der Waals surface area contributed by atoms with E-state index in [9.17, 15) is 9.59 Å². The van der Waals surface area contributed by atoms with Crippen molar-refractivity contribution in [3.8, 4) is 0 Å². The van der Waals surface area contributed by atoms with E-state index < -0.39 is 5.91 Å². The van der Waals surface area contributed by atoms with E-state index in [-0.39, 0.29) is 0 Å². The number of thiophene rings is 1. The van der Waals surface area contributed by atoms with Crippen LogP contribution in [0.2, 0.25) is 0 Å². The molecule has 0 spiro atoms. The van der Waals surface area contributed by atoms with E-state index in [4.69, 9.17) is 0 Å². The summed E-state index contributed by atoms with van der Waals surface area (Å²) in [6.45, 7) is 0.509. The highest BCUT2D eigenvalue weighted by Gasteiger charge is 2.06. The Morgan fingerprint density at radius 2 is 2.50 bits per heavy atom. The van der Waals surface area contributed by atoms with E-state index in [1.807, 2.05) is 17.5 Å². The van der Waals surface area contributed by atoms with Crippen molar-refractivity contribution in [2.75, 3.05) is 7.05 Å². The van der Waals surface area contributed by atoms with E-state index in [1.165, 1.54) is 4.90 Å². The van der Waals surface area contributed by atoms with Crippen molar-refractivity contribution >= 4 is 23.5 Å². The predicted molar refractivity (Wildman–Crippen MR) is 46.9 cm³/mol. The first-order valence-electron chi connectivity index (χ1n) is 3.46. The summed E-state index contributed by atoms with van der Waals surface area (Å²) in [6, 6.07) is 3.85. The lowest BCUT2D eigenvalue weighted by atomic mass is 10.4. The second-order valence-electron chi connectivity index (χ2n) is 2.39. The van der Waals surface area contributed by atoms with Gasteiger partial charge in [-0.15, -0.1) is 11.3 Å². The smallest absolute Gasteiger partial charge is 0.286 e. The maximum Gasteiger partial charge on any atom is 0.286 e. The summed E-state index contributed by atoms with van der Waals surface area (Å²) < 4.78 is 0. The molecule has 1 heterocycles. The van der Waals surface area contributed by atoms with Gasteiger partial charge in [-0.3, -0.25) is 9.59 Å². The lowest BCUT2D eigenvalue weighted by Crippen LogP contribution is -2.26. The summed E-state index contributed by atoms with van der Waals surface area (Å²) in [5.41, 5.74) is 0. The van der Waals surface area contributed by atoms with Gasteiger partial charge in [0.1, 0.15) is 0 Å². The van der Waals surface area contributed by atoms with Crippen LogP contribution < -0.4 is 0 Å². The van der Waals surface area contributed by atoms with Crippen LogP contribution in [-0.4, -0.2) is 24.1 Å². The molecule has 0 aliphatic rings. The Morgan fingerprint density at radius 3 is 3.00 bits per heavy atom.